The third-order valence-corrected chi connectivity index (χ3v) is 6.36. The van der Waals surface area contributed by atoms with E-state index in [0.29, 0.717) is 35.0 Å². The van der Waals surface area contributed by atoms with Crippen LogP contribution in [0.1, 0.15) is 54.4 Å². The minimum Gasteiger partial charge on any atom is -0.428 e. The summed E-state index contributed by atoms with van der Waals surface area (Å²) in [6.07, 6.45) is -0.399. The molecule has 0 saturated heterocycles. The van der Waals surface area contributed by atoms with Crippen molar-refractivity contribution in [3.8, 4) is 22.9 Å². The van der Waals surface area contributed by atoms with Gasteiger partial charge in [-0.2, -0.15) is 0 Å². The second-order valence-corrected chi connectivity index (χ2v) is 9.88. The normalized spacial score (nSPS) is 12.1. The molecule has 0 bridgehead atoms. The van der Waals surface area contributed by atoms with E-state index < -0.39 is 23.5 Å². The molecule has 0 saturated carbocycles. The molecule has 2 aromatic heterocycles. The van der Waals surface area contributed by atoms with Crippen LogP contribution in [0, 0.1) is 0 Å². The fourth-order valence-electron chi connectivity index (χ4n) is 3.60. The molecule has 0 unspecified atom stereocenters. The van der Waals surface area contributed by atoms with Crippen LogP contribution < -0.4 is 9.47 Å². The maximum atomic E-state index is 12.8. The number of aromatic nitrogens is 2. The van der Waals surface area contributed by atoms with Gasteiger partial charge >= 0.3 is 12.3 Å². The van der Waals surface area contributed by atoms with Crippen molar-refractivity contribution in [3.63, 3.8) is 0 Å². The molecule has 190 valence electrons. The predicted octanol–water partition coefficient (Wildman–Crippen LogP) is 7.72. The summed E-state index contributed by atoms with van der Waals surface area (Å²) in [7, 11) is 0. The number of benzene rings is 2. The van der Waals surface area contributed by atoms with Crippen molar-refractivity contribution in [1.82, 2.24) is 9.97 Å². The van der Waals surface area contributed by atoms with Gasteiger partial charge in [-0.3, -0.25) is 0 Å². The Morgan fingerprint density at radius 3 is 1.39 bits per heavy atom. The number of hydrogen-bond donors (Lipinski definition) is 2. The summed E-state index contributed by atoms with van der Waals surface area (Å²) in [5, 5.41) is 1.36. The first kappa shape index (κ1) is 25.2. The van der Waals surface area contributed by atoms with Crippen molar-refractivity contribution in [2.24, 2.45) is 0 Å². The first-order valence-corrected chi connectivity index (χ1v) is 12.1. The van der Waals surface area contributed by atoms with Crippen LogP contribution >= 0.6 is 0 Å². The largest absolute Gasteiger partial charge is 0.514 e. The number of carbonyl (C=O) groups excluding carboxylic acids is 2. The second kappa shape index (κ2) is 9.60. The molecule has 36 heavy (non-hydrogen) atoms. The summed E-state index contributed by atoms with van der Waals surface area (Å²) in [6, 6.07) is 14.9. The lowest BCUT2D eigenvalue weighted by Crippen LogP contribution is -2.29. The average molecular weight is 493 g/mol. The molecular formula is C28H32N2O6. The Morgan fingerprint density at radius 2 is 1.03 bits per heavy atom. The topological polar surface area (TPSA) is 103 Å². The van der Waals surface area contributed by atoms with E-state index in [4.69, 9.17) is 18.9 Å². The molecule has 0 radical (unpaired) electrons. The summed E-state index contributed by atoms with van der Waals surface area (Å²) < 4.78 is 22.6. The predicted molar refractivity (Wildman–Crippen MR) is 139 cm³/mol. The van der Waals surface area contributed by atoms with E-state index in [0.717, 1.165) is 11.0 Å². The quantitative estimate of drug-likeness (QED) is 0.256. The molecule has 4 aromatic rings. The Labute approximate surface area is 209 Å². The summed E-state index contributed by atoms with van der Waals surface area (Å²) in [5.41, 5.74) is 0.990. The number of H-pyrrole nitrogens is 2. The van der Waals surface area contributed by atoms with E-state index in [-0.39, 0.29) is 11.5 Å². The lowest BCUT2D eigenvalue weighted by molar-refractivity contribution is 0.00595. The van der Waals surface area contributed by atoms with E-state index in [1.165, 1.54) is 0 Å². The molecule has 0 fully saturated rings. The molecule has 4 rings (SSSR count). The second-order valence-electron chi connectivity index (χ2n) is 9.88. The molecular weight excluding hydrogens is 460 g/mol. The van der Waals surface area contributed by atoms with Gasteiger partial charge in [-0.15, -0.1) is 0 Å². The zero-order chi connectivity index (χ0) is 26.1. The number of carbonyl (C=O) groups is 2. The molecule has 0 atom stereocenters. The van der Waals surface area contributed by atoms with Crippen molar-refractivity contribution in [2.75, 3.05) is 0 Å². The molecule has 8 heteroatoms. The van der Waals surface area contributed by atoms with Gasteiger partial charge in [0.1, 0.15) is 22.6 Å². The number of fused-ring (bicyclic) bond motifs is 2. The highest BCUT2D eigenvalue weighted by molar-refractivity contribution is 6.01. The van der Waals surface area contributed by atoms with Gasteiger partial charge in [0, 0.05) is 21.8 Å². The third kappa shape index (κ3) is 5.17. The number of nitrogens with one attached hydrogen (secondary N) is 2. The Kier molecular flexibility index (Phi) is 6.71. The fraction of sp³-hybridized carbons (Fsp3) is 0.357. The highest BCUT2D eigenvalue weighted by Gasteiger charge is 2.29. The molecule has 0 spiro atoms. The number of rotatable bonds is 7. The SMILES string of the molecule is CCC(C)(C)OC(=O)Oc1c(-c2[nH]c3ccccc3c2OC(=O)OC(C)(C)CC)[nH]c2ccccc12. The van der Waals surface area contributed by atoms with Crippen molar-refractivity contribution < 1.29 is 28.5 Å². The van der Waals surface area contributed by atoms with Crippen LogP contribution in [-0.4, -0.2) is 33.5 Å². The Balaban J connectivity index is 1.82. The number of aromatic amines is 2. The van der Waals surface area contributed by atoms with Gasteiger partial charge in [0.2, 0.25) is 0 Å². The average Bonchev–Trinajstić information content (AvgIpc) is 3.37. The van der Waals surface area contributed by atoms with Gasteiger partial charge in [-0.05, 0) is 64.8 Å². The van der Waals surface area contributed by atoms with Crippen molar-refractivity contribution in [2.45, 2.75) is 65.6 Å². The van der Waals surface area contributed by atoms with Crippen LogP contribution in [0.3, 0.4) is 0 Å². The molecule has 2 heterocycles. The van der Waals surface area contributed by atoms with Crippen LogP contribution in [-0.2, 0) is 9.47 Å². The lowest BCUT2D eigenvalue weighted by atomic mass is 10.1. The summed E-state index contributed by atoms with van der Waals surface area (Å²) in [5.74, 6) is 0.530. The fourth-order valence-corrected chi connectivity index (χ4v) is 3.60. The summed E-state index contributed by atoms with van der Waals surface area (Å²) >= 11 is 0. The first-order valence-electron chi connectivity index (χ1n) is 12.1. The smallest absolute Gasteiger partial charge is 0.428 e. The monoisotopic (exact) mass is 492 g/mol. The summed E-state index contributed by atoms with van der Waals surface area (Å²) in [6.45, 7) is 11.1. The molecule has 2 aromatic carbocycles. The first-order chi connectivity index (χ1) is 17.0. The molecule has 0 aliphatic rings. The van der Waals surface area contributed by atoms with Gasteiger partial charge in [-0.25, -0.2) is 9.59 Å². The Morgan fingerprint density at radius 1 is 0.667 bits per heavy atom. The van der Waals surface area contributed by atoms with E-state index in [2.05, 4.69) is 9.97 Å². The van der Waals surface area contributed by atoms with Crippen LogP contribution in [0.2, 0.25) is 0 Å². The van der Waals surface area contributed by atoms with Gasteiger partial charge in [0.25, 0.3) is 0 Å². The van der Waals surface area contributed by atoms with Gasteiger partial charge in [-0.1, -0.05) is 38.1 Å². The Bertz CT molecular complexity index is 1300. The van der Waals surface area contributed by atoms with Crippen molar-refractivity contribution >= 4 is 34.1 Å². The van der Waals surface area contributed by atoms with E-state index in [1.54, 1.807) is 0 Å². The third-order valence-electron chi connectivity index (χ3n) is 6.36. The number of hydrogen-bond acceptors (Lipinski definition) is 6. The van der Waals surface area contributed by atoms with Crippen molar-refractivity contribution in [1.29, 1.82) is 0 Å². The van der Waals surface area contributed by atoms with Gasteiger partial charge in [0.15, 0.2) is 11.5 Å². The Hall–Kier alpha value is -3.94. The minimum absolute atomic E-state index is 0.265. The molecule has 0 aliphatic heterocycles. The highest BCUT2D eigenvalue weighted by atomic mass is 16.7. The van der Waals surface area contributed by atoms with Crippen LogP contribution in [0.4, 0.5) is 9.59 Å². The molecule has 0 aliphatic carbocycles. The standard InChI is InChI=1S/C28H32N2O6/c1-7-27(3,4)35-25(31)33-23-17-13-9-11-15-19(17)29-21(23)22-24(18-14-10-12-16-20(18)30-22)34-26(32)36-28(5,6)8-2/h9-16,29-30H,7-8H2,1-6H3. The van der Waals surface area contributed by atoms with Gasteiger partial charge in [0.05, 0.1) is 0 Å². The molecule has 8 nitrogen and oxygen atoms in total. The molecule has 0 amide bonds. The number of ether oxygens (including phenoxy) is 4. The van der Waals surface area contributed by atoms with Crippen LogP contribution in [0.5, 0.6) is 11.5 Å². The number of para-hydroxylation sites is 2. The maximum Gasteiger partial charge on any atom is 0.514 e. The van der Waals surface area contributed by atoms with Crippen LogP contribution in [0.25, 0.3) is 33.2 Å². The van der Waals surface area contributed by atoms with E-state index in [1.807, 2.05) is 90.1 Å². The van der Waals surface area contributed by atoms with E-state index >= 15 is 0 Å². The minimum atomic E-state index is -0.824. The lowest BCUT2D eigenvalue weighted by Gasteiger charge is -2.23. The zero-order valence-electron chi connectivity index (χ0n) is 21.5. The highest BCUT2D eigenvalue weighted by Crippen LogP contribution is 2.44. The van der Waals surface area contributed by atoms with Gasteiger partial charge < -0.3 is 28.9 Å². The van der Waals surface area contributed by atoms with Crippen LogP contribution in [0.15, 0.2) is 48.5 Å². The molecule has 2 N–H and O–H groups in total. The van der Waals surface area contributed by atoms with Crippen molar-refractivity contribution in [3.05, 3.63) is 48.5 Å². The zero-order valence-corrected chi connectivity index (χ0v) is 21.5. The van der Waals surface area contributed by atoms with E-state index in [9.17, 15) is 9.59 Å². The maximum absolute atomic E-state index is 12.8. The summed E-state index contributed by atoms with van der Waals surface area (Å²) in [4.78, 5) is 32.1.